The number of rotatable bonds is 5. The van der Waals surface area contributed by atoms with Crippen molar-refractivity contribution in [2.75, 3.05) is 20.2 Å². The molecule has 0 saturated heterocycles. The van der Waals surface area contributed by atoms with Crippen molar-refractivity contribution < 1.29 is 9.53 Å². The van der Waals surface area contributed by atoms with Crippen molar-refractivity contribution in [2.45, 2.75) is 27.7 Å². The SMILES string of the molecule is COc1c(C)cc(C)cc1C(=O)NCC(C)(C)CN. The lowest BCUT2D eigenvalue weighted by Gasteiger charge is -2.23. The summed E-state index contributed by atoms with van der Waals surface area (Å²) in [6.07, 6.45) is 0. The van der Waals surface area contributed by atoms with Gasteiger partial charge >= 0.3 is 0 Å². The molecule has 1 aromatic rings. The molecule has 0 radical (unpaired) electrons. The molecule has 0 aliphatic carbocycles. The van der Waals surface area contributed by atoms with E-state index in [4.69, 9.17) is 10.5 Å². The number of ether oxygens (including phenoxy) is 1. The van der Waals surface area contributed by atoms with Crippen LogP contribution in [0.15, 0.2) is 12.1 Å². The summed E-state index contributed by atoms with van der Waals surface area (Å²) in [4.78, 5) is 12.3. The monoisotopic (exact) mass is 264 g/mol. The highest BCUT2D eigenvalue weighted by Crippen LogP contribution is 2.25. The lowest BCUT2D eigenvalue weighted by atomic mass is 9.93. The van der Waals surface area contributed by atoms with E-state index in [0.717, 1.165) is 11.1 Å². The van der Waals surface area contributed by atoms with Crippen LogP contribution >= 0.6 is 0 Å². The van der Waals surface area contributed by atoms with E-state index in [1.807, 2.05) is 39.8 Å². The molecule has 0 aromatic heterocycles. The Morgan fingerprint density at radius 3 is 2.53 bits per heavy atom. The smallest absolute Gasteiger partial charge is 0.255 e. The molecule has 0 spiro atoms. The summed E-state index contributed by atoms with van der Waals surface area (Å²) in [6.45, 7) is 9.01. The first-order valence-corrected chi connectivity index (χ1v) is 6.44. The first-order chi connectivity index (χ1) is 8.80. The minimum atomic E-state index is -0.120. The number of nitrogens with two attached hydrogens (primary N) is 1. The maximum Gasteiger partial charge on any atom is 0.255 e. The predicted octanol–water partition coefficient (Wildman–Crippen LogP) is 2.03. The van der Waals surface area contributed by atoms with Crippen molar-refractivity contribution in [2.24, 2.45) is 11.1 Å². The maximum atomic E-state index is 12.3. The molecule has 3 N–H and O–H groups in total. The van der Waals surface area contributed by atoms with Gasteiger partial charge in [0.1, 0.15) is 5.75 Å². The van der Waals surface area contributed by atoms with Crippen LogP contribution < -0.4 is 15.8 Å². The van der Waals surface area contributed by atoms with Crippen molar-refractivity contribution in [3.8, 4) is 5.75 Å². The summed E-state index contributed by atoms with van der Waals surface area (Å²) < 4.78 is 5.33. The largest absolute Gasteiger partial charge is 0.496 e. The van der Waals surface area contributed by atoms with E-state index in [1.54, 1.807) is 7.11 Å². The van der Waals surface area contributed by atoms with Gasteiger partial charge in [0, 0.05) is 6.54 Å². The summed E-state index contributed by atoms with van der Waals surface area (Å²) in [5.74, 6) is 0.513. The van der Waals surface area contributed by atoms with Gasteiger partial charge in [0.05, 0.1) is 12.7 Å². The summed E-state index contributed by atoms with van der Waals surface area (Å²) >= 11 is 0. The quantitative estimate of drug-likeness (QED) is 0.855. The molecule has 1 aromatic carbocycles. The van der Waals surface area contributed by atoms with Gasteiger partial charge in [-0.25, -0.2) is 0 Å². The third-order valence-corrected chi connectivity index (χ3v) is 3.15. The van der Waals surface area contributed by atoms with Crippen LogP contribution in [0.25, 0.3) is 0 Å². The molecular formula is C15H24N2O2. The molecule has 19 heavy (non-hydrogen) atoms. The number of amides is 1. The molecule has 0 unspecified atom stereocenters. The van der Waals surface area contributed by atoms with Crippen molar-refractivity contribution in [1.29, 1.82) is 0 Å². The molecule has 0 saturated carbocycles. The lowest BCUT2D eigenvalue weighted by Crippen LogP contribution is -2.38. The zero-order chi connectivity index (χ0) is 14.6. The second-order valence-electron chi connectivity index (χ2n) is 5.71. The van der Waals surface area contributed by atoms with Crippen molar-refractivity contribution >= 4 is 5.91 Å². The van der Waals surface area contributed by atoms with Gasteiger partial charge in [0.15, 0.2) is 0 Å². The standard InChI is InChI=1S/C15H24N2O2/c1-10-6-11(2)13(19-5)12(7-10)14(18)17-9-15(3,4)8-16/h6-7H,8-9,16H2,1-5H3,(H,17,18). The number of methoxy groups -OCH3 is 1. The summed E-state index contributed by atoms with van der Waals surface area (Å²) in [7, 11) is 1.58. The van der Waals surface area contributed by atoms with Gasteiger partial charge in [0.2, 0.25) is 0 Å². The van der Waals surface area contributed by atoms with E-state index in [1.165, 1.54) is 0 Å². The van der Waals surface area contributed by atoms with Gasteiger partial charge in [-0.2, -0.15) is 0 Å². The molecule has 0 fully saturated rings. The Kier molecular flexibility index (Phi) is 4.95. The number of hydrogen-bond acceptors (Lipinski definition) is 3. The van der Waals surface area contributed by atoms with Crippen LogP contribution in [0.3, 0.4) is 0 Å². The number of hydrogen-bond donors (Lipinski definition) is 2. The third-order valence-electron chi connectivity index (χ3n) is 3.15. The minimum absolute atomic E-state index is 0.109. The number of aryl methyl sites for hydroxylation is 2. The maximum absolute atomic E-state index is 12.3. The van der Waals surface area contributed by atoms with Crippen molar-refractivity contribution in [3.63, 3.8) is 0 Å². The van der Waals surface area contributed by atoms with Gasteiger partial charge in [-0.3, -0.25) is 4.79 Å². The fourth-order valence-electron chi connectivity index (χ4n) is 1.88. The van der Waals surface area contributed by atoms with Crippen molar-refractivity contribution in [1.82, 2.24) is 5.32 Å². The summed E-state index contributed by atoms with van der Waals surface area (Å²) in [5.41, 5.74) is 8.13. The average molecular weight is 264 g/mol. The molecule has 1 amide bonds. The Labute approximate surface area is 115 Å². The van der Waals surface area contributed by atoms with Gasteiger partial charge in [-0.05, 0) is 43.0 Å². The molecule has 0 aliphatic rings. The fraction of sp³-hybridized carbons (Fsp3) is 0.533. The number of benzene rings is 1. The Balaban J connectivity index is 2.94. The molecule has 0 aliphatic heterocycles. The van der Waals surface area contributed by atoms with Crippen LogP contribution in [0, 0.1) is 19.3 Å². The Bertz CT molecular complexity index is 467. The zero-order valence-corrected chi connectivity index (χ0v) is 12.5. The Morgan fingerprint density at radius 1 is 1.37 bits per heavy atom. The van der Waals surface area contributed by atoms with E-state index in [9.17, 15) is 4.79 Å². The first-order valence-electron chi connectivity index (χ1n) is 6.44. The average Bonchev–Trinajstić information content (AvgIpc) is 2.35. The lowest BCUT2D eigenvalue weighted by molar-refractivity contribution is 0.0934. The number of carbonyl (C=O) groups is 1. The van der Waals surface area contributed by atoms with Crippen LogP contribution in [0.1, 0.15) is 35.3 Å². The Morgan fingerprint density at radius 2 is 2.00 bits per heavy atom. The van der Waals surface area contributed by atoms with E-state index < -0.39 is 0 Å². The van der Waals surface area contributed by atoms with Gasteiger partial charge in [-0.1, -0.05) is 19.9 Å². The minimum Gasteiger partial charge on any atom is -0.496 e. The molecule has 4 heteroatoms. The van der Waals surface area contributed by atoms with E-state index in [0.29, 0.717) is 24.4 Å². The van der Waals surface area contributed by atoms with Gasteiger partial charge in [-0.15, -0.1) is 0 Å². The molecule has 4 nitrogen and oxygen atoms in total. The Hall–Kier alpha value is -1.55. The zero-order valence-electron chi connectivity index (χ0n) is 12.5. The molecule has 0 atom stereocenters. The van der Waals surface area contributed by atoms with E-state index >= 15 is 0 Å². The number of nitrogens with one attached hydrogen (secondary N) is 1. The van der Waals surface area contributed by atoms with Gasteiger partial charge in [0.25, 0.3) is 5.91 Å². The molecule has 106 valence electrons. The summed E-state index contributed by atoms with van der Waals surface area (Å²) in [5, 5.41) is 2.92. The summed E-state index contributed by atoms with van der Waals surface area (Å²) in [6, 6.07) is 3.84. The molecule has 0 bridgehead atoms. The van der Waals surface area contributed by atoms with Crippen LogP contribution in [-0.4, -0.2) is 26.1 Å². The van der Waals surface area contributed by atoms with Crippen molar-refractivity contribution in [3.05, 3.63) is 28.8 Å². The topological polar surface area (TPSA) is 64.3 Å². The molecule has 0 heterocycles. The van der Waals surface area contributed by atoms with E-state index in [-0.39, 0.29) is 11.3 Å². The molecule has 1 rings (SSSR count). The van der Waals surface area contributed by atoms with Gasteiger partial charge < -0.3 is 15.8 Å². The first kappa shape index (κ1) is 15.5. The predicted molar refractivity (Wildman–Crippen MR) is 77.6 cm³/mol. The fourth-order valence-corrected chi connectivity index (χ4v) is 1.88. The van der Waals surface area contributed by atoms with Crippen LogP contribution in [0.4, 0.5) is 0 Å². The van der Waals surface area contributed by atoms with Crippen LogP contribution in [-0.2, 0) is 0 Å². The highest BCUT2D eigenvalue weighted by Gasteiger charge is 2.19. The second-order valence-corrected chi connectivity index (χ2v) is 5.71. The highest BCUT2D eigenvalue weighted by atomic mass is 16.5. The van der Waals surface area contributed by atoms with Crippen LogP contribution in [0.2, 0.25) is 0 Å². The number of carbonyl (C=O) groups excluding carboxylic acids is 1. The normalized spacial score (nSPS) is 11.3. The third kappa shape index (κ3) is 3.96. The van der Waals surface area contributed by atoms with E-state index in [2.05, 4.69) is 5.32 Å². The molecular weight excluding hydrogens is 240 g/mol. The second kappa shape index (κ2) is 6.06. The highest BCUT2D eigenvalue weighted by molar-refractivity contribution is 5.97. The van der Waals surface area contributed by atoms with Crippen LogP contribution in [0.5, 0.6) is 5.75 Å².